The number of rotatable bonds is 1. The van der Waals surface area contributed by atoms with E-state index in [0.717, 1.165) is 6.07 Å². The summed E-state index contributed by atoms with van der Waals surface area (Å²) in [6.07, 6.45) is -1.17. The molecule has 1 aliphatic carbocycles. The lowest BCUT2D eigenvalue weighted by Gasteiger charge is -2.44. The Morgan fingerprint density at radius 3 is 2.73 bits per heavy atom. The number of carbonyl (C=O) groups excluding carboxylic acids is 1. The number of aromatic hydroxyl groups is 2. The van der Waals surface area contributed by atoms with Crippen molar-refractivity contribution in [2.24, 2.45) is 11.8 Å². The fourth-order valence-electron chi connectivity index (χ4n) is 3.39. The SMILES string of the molecule is COc1cc(O)c2c(c1O)[C@H](O)[C@H]1C[C@](C)(O)OC[C@@H]1C2=O. The number of phenols is 2. The predicted molar refractivity (Wildman–Crippen MR) is 73.8 cm³/mol. The normalized spacial score (nSPS) is 34.0. The van der Waals surface area contributed by atoms with Gasteiger partial charge in [-0.1, -0.05) is 0 Å². The van der Waals surface area contributed by atoms with Gasteiger partial charge in [0.25, 0.3) is 0 Å². The summed E-state index contributed by atoms with van der Waals surface area (Å²) in [7, 11) is 1.31. The van der Waals surface area contributed by atoms with E-state index >= 15 is 0 Å². The topological polar surface area (TPSA) is 116 Å². The van der Waals surface area contributed by atoms with Crippen LogP contribution in [0.2, 0.25) is 0 Å². The lowest BCUT2D eigenvalue weighted by Crippen LogP contribution is -2.49. The third-order valence-corrected chi connectivity index (χ3v) is 4.49. The smallest absolute Gasteiger partial charge is 0.172 e. The molecule has 1 aromatic carbocycles. The molecule has 1 fully saturated rings. The number of Topliss-reactive ketones (excluding diaryl/α,β-unsaturated/α-hetero) is 1. The molecule has 4 atom stereocenters. The fraction of sp³-hybridized carbons (Fsp3) is 0.533. The summed E-state index contributed by atoms with van der Waals surface area (Å²) in [5.74, 6) is -3.92. The second kappa shape index (κ2) is 4.84. The van der Waals surface area contributed by atoms with Crippen molar-refractivity contribution in [1.82, 2.24) is 0 Å². The first-order chi connectivity index (χ1) is 10.3. The Morgan fingerprint density at radius 2 is 2.09 bits per heavy atom. The van der Waals surface area contributed by atoms with E-state index in [1.54, 1.807) is 0 Å². The summed E-state index contributed by atoms with van der Waals surface area (Å²) in [6.45, 7) is 1.40. The molecular weight excluding hydrogens is 292 g/mol. The fourth-order valence-corrected chi connectivity index (χ4v) is 3.39. The van der Waals surface area contributed by atoms with Gasteiger partial charge < -0.3 is 29.9 Å². The Morgan fingerprint density at radius 1 is 1.41 bits per heavy atom. The Labute approximate surface area is 126 Å². The van der Waals surface area contributed by atoms with Crippen LogP contribution in [0.15, 0.2) is 6.07 Å². The van der Waals surface area contributed by atoms with Crippen molar-refractivity contribution >= 4 is 5.78 Å². The predicted octanol–water partition coefficient (Wildman–Crippen LogP) is 0.697. The van der Waals surface area contributed by atoms with E-state index in [1.807, 2.05) is 0 Å². The zero-order chi connectivity index (χ0) is 16.2. The van der Waals surface area contributed by atoms with Crippen molar-refractivity contribution in [2.45, 2.75) is 25.2 Å². The monoisotopic (exact) mass is 310 g/mol. The molecule has 0 bridgehead atoms. The lowest BCUT2D eigenvalue weighted by atomic mass is 9.69. The average Bonchev–Trinajstić information content (AvgIpc) is 2.45. The molecule has 0 amide bonds. The van der Waals surface area contributed by atoms with Gasteiger partial charge >= 0.3 is 0 Å². The highest BCUT2D eigenvalue weighted by Crippen LogP contribution is 2.52. The highest BCUT2D eigenvalue weighted by Gasteiger charge is 2.50. The first-order valence-corrected chi connectivity index (χ1v) is 6.98. The number of phenolic OH excluding ortho intramolecular Hbond substituents is 2. The molecule has 22 heavy (non-hydrogen) atoms. The number of ketones is 1. The number of methoxy groups -OCH3 is 1. The molecule has 1 saturated heterocycles. The van der Waals surface area contributed by atoms with Gasteiger partial charge in [-0.2, -0.15) is 0 Å². The molecule has 0 unspecified atom stereocenters. The molecule has 1 heterocycles. The lowest BCUT2D eigenvalue weighted by molar-refractivity contribution is -0.242. The van der Waals surface area contributed by atoms with Crippen molar-refractivity contribution in [3.63, 3.8) is 0 Å². The number of aliphatic hydroxyl groups is 2. The first kappa shape index (κ1) is 15.1. The van der Waals surface area contributed by atoms with Gasteiger partial charge in [-0.3, -0.25) is 4.79 Å². The van der Waals surface area contributed by atoms with E-state index in [9.17, 15) is 25.2 Å². The van der Waals surface area contributed by atoms with Crippen molar-refractivity contribution < 1.29 is 34.7 Å². The number of ether oxygens (including phenoxy) is 2. The summed E-state index contributed by atoms with van der Waals surface area (Å²) >= 11 is 0. The van der Waals surface area contributed by atoms with Gasteiger partial charge in [0.2, 0.25) is 0 Å². The van der Waals surface area contributed by atoms with Crippen LogP contribution in [0.5, 0.6) is 17.2 Å². The van der Waals surface area contributed by atoms with Crippen LogP contribution >= 0.6 is 0 Å². The molecule has 0 spiro atoms. The van der Waals surface area contributed by atoms with Crippen molar-refractivity contribution in [2.75, 3.05) is 13.7 Å². The van der Waals surface area contributed by atoms with E-state index in [1.165, 1.54) is 14.0 Å². The Bertz CT molecular complexity index is 637. The number of carbonyl (C=O) groups is 1. The van der Waals surface area contributed by atoms with Gasteiger partial charge in [-0.25, -0.2) is 0 Å². The van der Waals surface area contributed by atoms with Crippen LogP contribution in [0, 0.1) is 11.8 Å². The average molecular weight is 310 g/mol. The molecule has 7 heteroatoms. The maximum Gasteiger partial charge on any atom is 0.172 e. The zero-order valence-electron chi connectivity index (χ0n) is 12.2. The van der Waals surface area contributed by atoms with E-state index in [2.05, 4.69) is 0 Å². The van der Waals surface area contributed by atoms with Crippen LogP contribution < -0.4 is 4.74 Å². The maximum absolute atomic E-state index is 12.6. The first-order valence-electron chi connectivity index (χ1n) is 6.98. The van der Waals surface area contributed by atoms with Crippen LogP contribution in [-0.2, 0) is 4.74 Å². The molecule has 2 aliphatic rings. The standard InChI is InChI=1S/C15H18O7/c1-15(20)4-6-7(5-22-15)13(18)10-8(16)3-9(21-2)14(19)11(10)12(6)17/h3,6-7,12,16-17,19-20H,4-5H2,1-2H3/t6-,7-,12+,15+/m0/s1. The largest absolute Gasteiger partial charge is 0.507 e. The molecular formula is C15H18O7. The Kier molecular flexibility index (Phi) is 3.32. The minimum atomic E-state index is -1.45. The summed E-state index contributed by atoms with van der Waals surface area (Å²) in [5.41, 5.74) is -0.169. The summed E-state index contributed by atoms with van der Waals surface area (Å²) in [5, 5.41) is 40.9. The van der Waals surface area contributed by atoms with Crippen molar-refractivity contribution in [3.05, 3.63) is 17.2 Å². The summed E-state index contributed by atoms with van der Waals surface area (Å²) in [6, 6.07) is 1.14. The molecule has 4 N–H and O–H groups in total. The number of fused-ring (bicyclic) bond motifs is 2. The number of aliphatic hydroxyl groups excluding tert-OH is 1. The molecule has 1 aliphatic heterocycles. The Balaban J connectivity index is 2.17. The minimum absolute atomic E-state index is 0.0274. The van der Waals surface area contributed by atoms with Gasteiger partial charge in [-0.05, 0) is 6.92 Å². The molecule has 120 valence electrons. The van der Waals surface area contributed by atoms with Gasteiger partial charge in [0.05, 0.1) is 31.3 Å². The van der Waals surface area contributed by atoms with Gasteiger partial charge in [-0.15, -0.1) is 0 Å². The van der Waals surface area contributed by atoms with Crippen molar-refractivity contribution in [1.29, 1.82) is 0 Å². The van der Waals surface area contributed by atoms with Crippen LogP contribution in [-0.4, -0.2) is 45.7 Å². The highest BCUT2D eigenvalue weighted by molar-refractivity contribution is 6.04. The van der Waals surface area contributed by atoms with Crippen LogP contribution in [0.25, 0.3) is 0 Å². The van der Waals surface area contributed by atoms with E-state index in [4.69, 9.17) is 9.47 Å². The van der Waals surface area contributed by atoms with Crippen molar-refractivity contribution in [3.8, 4) is 17.2 Å². The third kappa shape index (κ3) is 2.05. The maximum atomic E-state index is 12.6. The minimum Gasteiger partial charge on any atom is -0.507 e. The van der Waals surface area contributed by atoms with Crippen LogP contribution in [0.4, 0.5) is 0 Å². The summed E-state index contributed by atoms with van der Waals surface area (Å²) < 4.78 is 10.2. The molecule has 1 aromatic rings. The molecule has 0 aromatic heterocycles. The second-order valence-electron chi connectivity index (χ2n) is 6.00. The van der Waals surface area contributed by atoms with E-state index in [0.29, 0.717) is 0 Å². The zero-order valence-corrected chi connectivity index (χ0v) is 12.2. The van der Waals surface area contributed by atoms with Crippen LogP contribution in [0.3, 0.4) is 0 Å². The Hall–Kier alpha value is -1.83. The van der Waals surface area contributed by atoms with Crippen LogP contribution in [0.1, 0.15) is 35.4 Å². The highest BCUT2D eigenvalue weighted by atomic mass is 16.6. The van der Waals surface area contributed by atoms with Gasteiger partial charge in [0.1, 0.15) is 5.75 Å². The quantitative estimate of drug-likeness (QED) is 0.564. The van der Waals surface area contributed by atoms with E-state index < -0.39 is 29.5 Å². The molecule has 3 rings (SSSR count). The number of hydrogen-bond acceptors (Lipinski definition) is 7. The molecule has 0 saturated carbocycles. The second-order valence-corrected chi connectivity index (χ2v) is 6.00. The van der Waals surface area contributed by atoms with Gasteiger partial charge in [0.15, 0.2) is 23.1 Å². The molecule has 7 nitrogen and oxygen atoms in total. The van der Waals surface area contributed by atoms with E-state index in [-0.39, 0.29) is 41.4 Å². The summed E-state index contributed by atoms with van der Waals surface area (Å²) in [4.78, 5) is 12.6. The molecule has 0 radical (unpaired) electrons. The number of hydrogen-bond donors (Lipinski definition) is 4. The van der Waals surface area contributed by atoms with Gasteiger partial charge in [0, 0.05) is 24.0 Å². The number of benzene rings is 1. The third-order valence-electron chi connectivity index (χ3n) is 4.49.